The Bertz CT molecular complexity index is 2770. The third kappa shape index (κ3) is 17.9. The lowest BCUT2D eigenvalue weighted by molar-refractivity contribution is -0.174. The number of ether oxygens (including phenoxy) is 2. The Hall–Kier alpha value is -7.36. The highest BCUT2D eigenvalue weighted by Crippen LogP contribution is 2.45. The van der Waals surface area contributed by atoms with Gasteiger partial charge in [0.05, 0.1) is 0 Å². The highest BCUT2D eigenvalue weighted by Gasteiger charge is 2.39. The summed E-state index contributed by atoms with van der Waals surface area (Å²) in [6.45, 7) is 12.2. The Morgan fingerprint density at radius 3 is 1.17 bits per heavy atom. The summed E-state index contributed by atoms with van der Waals surface area (Å²) in [7, 11) is 0. The number of halogens is 4. The number of amides is 5. The molecule has 410 valence electrons. The van der Waals surface area contributed by atoms with Crippen LogP contribution < -0.4 is 32.3 Å². The van der Waals surface area contributed by atoms with Gasteiger partial charge in [-0.1, -0.05) is 148 Å². The Morgan fingerprint density at radius 2 is 0.844 bits per heavy atom. The molecule has 0 saturated heterocycles. The van der Waals surface area contributed by atoms with Crippen LogP contribution in [0, 0.1) is 0 Å². The standard InChI is InChI=1S/C30H35N3O3.C26H23F3N2O3.C5H13N.ClH/c1-4-9-20(2)31-29(34)32-21(3)18-22-14-16-23(17-15-22)33-30(35)36-19-28-26-12-7-5-10-24(26)25-11-6-8-13-27(25)28;1-16(30-24(32)26(27,28)29)14-17-10-12-18(13-11-17)31-25(33)34-15-23-21-8-4-2-6-19(21)20-7-3-5-9-22(20)23;1-3-4-5(2)6;/h5-8,10-17,20-21,28H,4,9,18-19H2,1-3H3,(H,33,35)(H2,31,32,34);2-13,16,23H,14-15H2,1H3,(H,30,32)(H,31,33);5H,3-4,6H2,1-2H3;1H/t20-,21-;16-;5-;/m111./s1. The molecule has 12 nitrogen and oxygen atoms in total. The zero-order chi connectivity index (χ0) is 54.8. The van der Waals surface area contributed by atoms with Crippen LogP contribution in [0.2, 0.25) is 0 Å². The second kappa shape index (κ2) is 29.2. The molecule has 0 bridgehead atoms. The van der Waals surface area contributed by atoms with Crippen LogP contribution in [0.25, 0.3) is 22.3 Å². The number of benzene rings is 6. The van der Waals surface area contributed by atoms with E-state index < -0.39 is 30.3 Å². The minimum atomic E-state index is -4.91. The zero-order valence-electron chi connectivity index (χ0n) is 44.5. The average Bonchev–Trinajstić information content (AvgIpc) is 3.93. The topological polar surface area (TPSA) is 173 Å². The molecular weight excluding hydrogens is 1010 g/mol. The van der Waals surface area contributed by atoms with Crippen LogP contribution in [0.5, 0.6) is 0 Å². The Balaban J connectivity index is 0.000000254. The summed E-state index contributed by atoms with van der Waals surface area (Å²) in [4.78, 5) is 48.1. The van der Waals surface area contributed by atoms with Gasteiger partial charge in [0.1, 0.15) is 13.2 Å². The van der Waals surface area contributed by atoms with Gasteiger partial charge in [0.25, 0.3) is 0 Å². The van der Waals surface area contributed by atoms with Crippen molar-refractivity contribution in [2.75, 3.05) is 23.8 Å². The van der Waals surface area contributed by atoms with Gasteiger partial charge in [0.15, 0.2) is 0 Å². The minimum Gasteiger partial charge on any atom is -0.448 e. The van der Waals surface area contributed by atoms with Crippen LogP contribution in [-0.4, -0.2) is 67.7 Å². The van der Waals surface area contributed by atoms with Crippen molar-refractivity contribution in [2.24, 2.45) is 5.73 Å². The van der Waals surface area contributed by atoms with E-state index in [1.807, 2.05) is 111 Å². The Kier molecular flexibility index (Phi) is 23.0. The fraction of sp³-hybridized carbons (Fsp3) is 0.344. The molecule has 2 aliphatic rings. The molecule has 0 fully saturated rings. The van der Waals surface area contributed by atoms with E-state index in [0.717, 1.165) is 47.1 Å². The third-order valence-electron chi connectivity index (χ3n) is 13.0. The summed E-state index contributed by atoms with van der Waals surface area (Å²) in [5, 5.41) is 13.3. The molecule has 77 heavy (non-hydrogen) atoms. The number of alkyl halides is 3. The number of nitrogens with one attached hydrogen (secondary N) is 5. The van der Waals surface area contributed by atoms with Crippen LogP contribution in [0.4, 0.5) is 38.9 Å². The van der Waals surface area contributed by atoms with Crippen LogP contribution in [0.15, 0.2) is 146 Å². The molecule has 0 radical (unpaired) electrons. The molecule has 0 aliphatic heterocycles. The third-order valence-corrected chi connectivity index (χ3v) is 13.0. The van der Waals surface area contributed by atoms with E-state index in [2.05, 4.69) is 71.5 Å². The van der Waals surface area contributed by atoms with E-state index in [0.29, 0.717) is 29.4 Å². The van der Waals surface area contributed by atoms with Crippen LogP contribution >= 0.6 is 12.4 Å². The first-order chi connectivity index (χ1) is 36.4. The first kappa shape index (κ1) is 60.5. The van der Waals surface area contributed by atoms with Gasteiger partial charge in [-0.25, -0.2) is 14.4 Å². The van der Waals surface area contributed by atoms with Crippen molar-refractivity contribution in [1.29, 1.82) is 0 Å². The van der Waals surface area contributed by atoms with Crippen molar-refractivity contribution in [2.45, 2.75) is 122 Å². The van der Waals surface area contributed by atoms with Crippen molar-refractivity contribution in [3.8, 4) is 22.3 Å². The highest BCUT2D eigenvalue weighted by atomic mass is 35.5. The molecule has 6 aromatic carbocycles. The van der Waals surface area contributed by atoms with Crippen molar-refractivity contribution in [3.63, 3.8) is 0 Å². The number of hydrogen-bond acceptors (Lipinski definition) is 7. The molecule has 0 aromatic heterocycles. The van der Waals surface area contributed by atoms with Gasteiger partial charge in [-0.05, 0) is 133 Å². The van der Waals surface area contributed by atoms with E-state index in [9.17, 15) is 32.3 Å². The maximum Gasteiger partial charge on any atom is 0.471 e. The molecule has 16 heteroatoms. The molecule has 0 unspecified atom stereocenters. The molecule has 0 saturated carbocycles. The maximum atomic E-state index is 12.5. The predicted molar refractivity (Wildman–Crippen MR) is 303 cm³/mol. The van der Waals surface area contributed by atoms with Crippen molar-refractivity contribution in [1.82, 2.24) is 16.0 Å². The molecule has 6 aromatic rings. The number of urea groups is 1. The maximum absolute atomic E-state index is 12.5. The quantitative estimate of drug-likeness (QED) is 0.0527. The van der Waals surface area contributed by atoms with E-state index >= 15 is 0 Å². The smallest absolute Gasteiger partial charge is 0.448 e. The normalized spacial score (nSPS) is 13.5. The molecular formula is C61H72ClF3N6O6. The number of anilines is 2. The first-order valence-corrected chi connectivity index (χ1v) is 26.1. The van der Waals surface area contributed by atoms with Crippen molar-refractivity contribution in [3.05, 3.63) is 179 Å². The largest absolute Gasteiger partial charge is 0.471 e. The molecule has 4 atom stereocenters. The van der Waals surface area contributed by atoms with E-state index in [1.165, 1.54) is 35.6 Å². The summed E-state index contributed by atoms with van der Waals surface area (Å²) in [5.41, 5.74) is 17.7. The Labute approximate surface area is 456 Å². The van der Waals surface area contributed by atoms with Crippen molar-refractivity contribution < 1.29 is 41.8 Å². The number of carbonyl (C=O) groups excluding carboxylic acids is 4. The van der Waals surface area contributed by atoms with Gasteiger partial charge in [-0.15, -0.1) is 12.4 Å². The fourth-order valence-electron chi connectivity index (χ4n) is 9.52. The molecule has 0 spiro atoms. The molecule has 7 N–H and O–H groups in total. The number of hydrogen-bond donors (Lipinski definition) is 6. The first-order valence-electron chi connectivity index (χ1n) is 26.1. The van der Waals surface area contributed by atoms with E-state index in [4.69, 9.17) is 15.2 Å². The molecule has 5 amide bonds. The number of rotatable bonds is 17. The van der Waals surface area contributed by atoms with E-state index in [-0.39, 0.29) is 62.0 Å². The SMILES string of the molecule is CCC[C@@H](C)N.CCC[C@@H](C)NC(=O)N[C@H](C)Cc1ccc(NC(=O)OCC2c3ccccc3-c3ccccc32)cc1.C[C@H](Cc1ccc(NC(=O)OCC2c3ccccc3-c3ccccc32)cc1)NC(=O)C(F)(F)F.Cl. The molecule has 0 heterocycles. The lowest BCUT2D eigenvalue weighted by Gasteiger charge is -2.18. The lowest BCUT2D eigenvalue weighted by atomic mass is 9.98. The minimum absolute atomic E-state index is 0. The van der Waals surface area contributed by atoms with Gasteiger partial charge in [-0.3, -0.25) is 15.4 Å². The summed E-state index contributed by atoms with van der Waals surface area (Å²) in [6, 6.07) is 46.6. The van der Waals surface area contributed by atoms with E-state index in [1.54, 1.807) is 24.3 Å². The summed E-state index contributed by atoms with van der Waals surface area (Å²) >= 11 is 0. The van der Waals surface area contributed by atoms with Gasteiger partial charge >= 0.3 is 30.3 Å². The number of carbonyl (C=O) groups is 4. The molecule has 2 aliphatic carbocycles. The monoisotopic (exact) mass is 1080 g/mol. The number of fused-ring (bicyclic) bond motifs is 6. The molecule has 8 rings (SSSR count). The van der Waals surface area contributed by atoms with Gasteiger partial charge in [0, 0.05) is 47.4 Å². The van der Waals surface area contributed by atoms with Gasteiger partial charge in [-0.2, -0.15) is 13.2 Å². The lowest BCUT2D eigenvalue weighted by Crippen LogP contribution is -2.45. The summed E-state index contributed by atoms with van der Waals surface area (Å²) in [6.07, 6.45) is -0.720. The van der Waals surface area contributed by atoms with Crippen LogP contribution in [0.1, 0.15) is 112 Å². The highest BCUT2D eigenvalue weighted by molar-refractivity contribution is 5.86. The average molecular weight is 1080 g/mol. The predicted octanol–water partition coefficient (Wildman–Crippen LogP) is 13.7. The second-order valence-corrected chi connectivity index (χ2v) is 19.5. The van der Waals surface area contributed by atoms with Crippen LogP contribution in [0.3, 0.4) is 0 Å². The summed E-state index contributed by atoms with van der Waals surface area (Å²) in [5.74, 6) is -1.98. The van der Waals surface area contributed by atoms with Gasteiger partial charge < -0.3 is 31.2 Å². The van der Waals surface area contributed by atoms with Gasteiger partial charge in [0.2, 0.25) is 0 Å². The van der Waals surface area contributed by atoms with Crippen LogP contribution in [-0.2, 0) is 27.1 Å². The number of nitrogens with two attached hydrogens (primary N) is 1. The Morgan fingerprint density at radius 1 is 0.506 bits per heavy atom. The zero-order valence-corrected chi connectivity index (χ0v) is 45.4. The summed E-state index contributed by atoms with van der Waals surface area (Å²) < 4.78 is 48.2. The fourth-order valence-corrected chi connectivity index (χ4v) is 9.52. The van der Waals surface area contributed by atoms with Crippen molar-refractivity contribution >= 4 is 47.9 Å². The second-order valence-electron chi connectivity index (χ2n) is 19.5.